The van der Waals surface area contributed by atoms with Crippen LogP contribution in [0.1, 0.15) is 17.8 Å². The molecule has 0 radical (unpaired) electrons. The molecule has 78 valence electrons. The van der Waals surface area contributed by atoms with Crippen molar-refractivity contribution in [1.29, 1.82) is 0 Å². The Morgan fingerprint density at radius 3 is 2.87 bits per heavy atom. The molecule has 0 amide bonds. The third kappa shape index (κ3) is 1.38. The van der Waals surface area contributed by atoms with Crippen LogP contribution >= 0.6 is 22.9 Å². The number of hydrogen-bond acceptors (Lipinski definition) is 3. The third-order valence-electron chi connectivity index (χ3n) is 3.06. The molecule has 3 rings (SSSR count). The molecule has 1 aliphatic carbocycles. The van der Waals surface area contributed by atoms with Gasteiger partial charge in [0.2, 0.25) is 0 Å². The molecule has 1 aromatic carbocycles. The minimum absolute atomic E-state index is 0.174. The van der Waals surface area contributed by atoms with Crippen LogP contribution in [0.4, 0.5) is 0 Å². The van der Waals surface area contributed by atoms with Crippen LogP contribution in [0.3, 0.4) is 0 Å². The molecule has 1 saturated carbocycles. The van der Waals surface area contributed by atoms with Crippen molar-refractivity contribution >= 4 is 33.2 Å². The number of thiazole rings is 1. The zero-order chi connectivity index (χ0) is 10.5. The quantitative estimate of drug-likeness (QED) is 0.874. The first-order valence-corrected chi connectivity index (χ1v) is 6.20. The molecule has 4 heteroatoms. The van der Waals surface area contributed by atoms with Crippen LogP contribution in [-0.2, 0) is 5.41 Å². The molecule has 0 saturated heterocycles. The van der Waals surface area contributed by atoms with Crippen molar-refractivity contribution in [3.8, 4) is 0 Å². The standard InChI is InChI=1S/C11H11ClN2S/c12-7-2-1-3-8-9(7)15-10(14-8)11(6-13)4-5-11/h1-3H,4-6,13H2. The second-order valence-electron chi connectivity index (χ2n) is 4.09. The number of benzene rings is 1. The average Bonchev–Trinajstić information content (AvgIpc) is 2.92. The van der Waals surface area contributed by atoms with Crippen molar-refractivity contribution in [3.63, 3.8) is 0 Å². The van der Waals surface area contributed by atoms with Crippen molar-refractivity contribution in [2.75, 3.05) is 6.54 Å². The number of halogens is 1. The maximum Gasteiger partial charge on any atom is 0.101 e. The predicted octanol–water partition coefficient (Wildman–Crippen LogP) is 2.94. The Bertz CT molecular complexity index is 516. The molecule has 1 aliphatic rings. The van der Waals surface area contributed by atoms with Crippen LogP contribution in [0.25, 0.3) is 10.2 Å². The van der Waals surface area contributed by atoms with Crippen molar-refractivity contribution < 1.29 is 0 Å². The van der Waals surface area contributed by atoms with Gasteiger partial charge in [-0.05, 0) is 25.0 Å². The van der Waals surface area contributed by atoms with Crippen molar-refractivity contribution in [3.05, 3.63) is 28.2 Å². The second-order valence-corrected chi connectivity index (χ2v) is 5.50. The van der Waals surface area contributed by atoms with Gasteiger partial charge in [-0.2, -0.15) is 0 Å². The fourth-order valence-corrected chi connectivity index (χ4v) is 3.31. The van der Waals surface area contributed by atoms with E-state index in [1.54, 1.807) is 11.3 Å². The van der Waals surface area contributed by atoms with Gasteiger partial charge in [-0.25, -0.2) is 4.98 Å². The van der Waals surface area contributed by atoms with Crippen molar-refractivity contribution in [1.82, 2.24) is 4.98 Å². The number of fused-ring (bicyclic) bond motifs is 1. The van der Waals surface area contributed by atoms with Gasteiger partial charge in [0.15, 0.2) is 0 Å². The maximum atomic E-state index is 6.12. The van der Waals surface area contributed by atoms with Gasteiger partial charge in [-0.15, -0.1) is 11.3 Å². The molecule has 0 atom stereocenters. The summed E-state index contributed by atoms with van der Waals surface area (Å²) in [5, 5.41) is 1.96. The zero-order valence-corrected chi connectivity index (χ0v) is 9.74. The highest BCUT2D eigenvalue weighted by Crippen LogP contribution is 2.49. The number of nitrogens with zero attached hydrogens (tertiary/aromatic N) is 1. The molecule has 1 aromatic heterocycles. The fourth-order valence-electron chi connectivity index (χ4n) is 1.80. The number of hydrogen-bond donors (Lipinski definition) is 1. The molecule has 2 aromatic rings. The average molecular weight is 239 g/mol. The zero-order valence-electron chi connectivity index (χ0n) is 8.16. The molecule has 1 fully saturated rings. The van der Waals surface area contributed by atoms with Crippen molar-refractivity contribution in [2.45, 2.75) is 18.3 Å². The molecule has 0 aliphatic heterocycles. The van der Waals surface area contributed by atoms with Crippen LogP contribution in [0, 0.1) is 0 Å². The Kier molecular flexibility index (Phi) is 2.03. The van der Waals surface area contributed by atoms with Gasteiger partial charge in [0.25, 0.3) is 0 Å². The van der Waals surface area contributed by atoms with E-state index in [2.05, 4.69) is 4.98 Å². The molecule has 1 heterocycles. The highest BCUT2D eigenvalue weighted by Gasteiger charge is 2.45. The maximum absolute atomic E-state index is 6.12. The van der Waals surface area contributed by atoms with E-state index in [4.69, 9.17) is 17.3 Å². The first kappa shape index (κ1) is 9.58. The summed E-state index contributed by atoms with van der Waals surface area (Å²) >= 11 is 7.82. The Hall–Kier alpha value is -0.640. The first-order chi connectivity index (χ1) is 7.25. The van der Waals surface area contributed by atoms with E-state index in [0.717, 1.165) is 20.2 Å². The largest absolute Gasteiger partial charge is 0.329 e. The summed E-state index contributed by atoms with van der Waals surface area (Å²) in [5.74, 6) is 0. The summed E-state index contributed by atoms with van der Waals surface area (Å²) < 4.78 is 1.09. The molecular formula is C11H11ClN2S. The molecule has 15 heavy (non-hydrogen) atoms. The number of aromatic nitrogens is 1. The van der Waals surface area contributed by atoms with E-state index in [1.807, 2.05) is 18.2 Å². The van der Waals surface area contributed by atoms with Crippen molar-refractivity contribution in [2.24, 2.45) is 5.73 Å². The van der Waals surface area contributed by atoms with Gasteiger partial charge < -0.3 is 5.73 Å². The fraction of sp³-hybridized carbons (Fsp3) is 0.364. The normalized spacial score (nSPS) is 18.3. The van der Waals surface area contributed by atoms with Crippen LogP contribution < -0.4 is 5.73 Å². The van der Waals surface area contributed by atoms with Gasteiger partial charge in [0.05, 0.1) is 15.2 Å². The molecule has 2 N–H and O–H groups in total. The topological polar surface area (TPSA) is 38.9 Å². The van der Waals surface area contributed by atoms with E-state index in [-0.39, 0.29) is 5.41 Å². The van der Waals surface area contributed by atoms with E-state index in [1.165, 1.54) is 12.8 Å². The summed E-state index contributed by atoms with van der Waals surface area (Å²) in [5.41, 5.74) is 6.97. The Labute approximate surface area is 97.1 Å². The van der Waals surface area contributed by atoms with Crippen LogP contribution in [0.2, 0.25) is 5.02 Å². The SMILES string of the molecule is NCC1(c2nc3cccc(Cl)c3s2)CC1. The van der Waals surface area contributed by atoms with Gasteiger partial charge in [0.1, 0.15) is 5.01 Å². The first-order valence-electron chi connectivity index (χ1n) is 5.01. The lowest BCUT2D eigenvalue weighted by Gasteiger charge is -2.05. The highest BCUT2D eigenvalue weighted by molar-refractivity contribution is 7.19. The summed E-state index contributed by atoms with van der Waals surface area (Å²) in [6, 6.07) is 5.86. The van der Waals surface area contributed by atoms with Gasteiger partial charge in [0, 0.05) is 12.0 Å². The van der Waals surface area contributed by atoms with E-state index < -0.39 is 0 Å². The lowest BCUT2D eigenvalue weighted by Crippen LogP contribution is -2.19. The Balaban J connectivity index is 2.19. The molecular weight excluding hydrogens is 228 g/mol. The molecule has 0 unspecified atom stereocenters. The van der Waals surface area contributed by atoms with Crippen LogP contribution in [-0.4, -0.2) is 11.5 Å². The van der Waals surface area contributed by atoms with E-state index >= 15 is 0 Å². The minimum Gasteiger partial charge on any atom is -0.329 e. The van der Waals surface area contributed by atoms with E-state index in [0.29, 0.717) is 6.54 Å². The smallest absolute Gasteiger partial charge is 0.101 e. The third-order valence-corrected chi connectivity index (χ3v) is 4.84. The lowest BCUT2D eigenvalue weighted by atomic mass is 10.1. The Morgan fingerprint density at radius 1 is 1.47 bits per heavy atom. The molecule has 2 nitrogen and oxygen atoms in total. The van der Waals surface area contributed by atoms with Crippen LogP contribution in [0.15, 0.2) is 18.2 Å². The Morgan fingerprint density at radius 2 is 2.27 bits per heavy atom. The predicted molar refractivity (Wildman–Crippen MR) is 64.6 cm³/mol. The van der Waals surface area contributed by atoms with Gasteiger partial charge in [-0.3, -0.25) is 0 Å². The molecule has 0 bridgehead atoms. The number of nitrogens with two attached hydrogens (primary N) is 1. The summed E-state index contributed by atoms with van der Waals surface area (Å²) in [4.78, 5) is 4.63. The lowest BCUT2D eigenvalue weighted by molar-refractivity contribution is 0.700. The van der Waals surface area contributed by atoms with E-state index in [9.17, 15) is 0 Å². The monoisotopic (exact) mass is 238 g/mol. The second kappa shape index (κ2) is 3.17. The summed E-state index contributed by atoms with van der Waals surface area (Å²) in [6.07, 6.45) is 2.34. The highest BCUT2D eigenvalue weighted by atomic mass is 35.5. The summed E-state index contributed by atoms with van der Waals surface area (Å²) in [6.45, 7) is 0.699. The van der Waals surface area contributed by atoms with Crippen LogP contribution in [0.5, 0.6) is 0 Å². The molecule has 0 spiro atoms. The van der Waals surface area contributed by atoms with Gasteiger partial charge >= 0.3 is 0 Å². The van der Waals surface area contributed by atoms with Gasteiger partial charge in [-0.1, -0.05) is 17.7 Å². The number of rotatable bonds is 2. The minimum atomic E-state index is 0.174. The summed E-state index contributed by atoms with van der Waals surface area (Å²) in [7, 11) is 0.